The van der Waals surface area contributed by atoms with Crippen molar-refractivity contribution in [1.29, 1.82) is 0 Å². The van der Waals surface area contributed by atoms with E-state index in [0.717, 1.165) is 38.0 Å². The number of amides is 1. The Labute approximate surface area is 208 Å². The number of aromatic amines is 1. The molecule has 7 nitrogen and oxygen atoms in total. The second-order valence-corrected chi connectivity index (χ2v) is 12.2. The van der Waals surface area contributed by atoms with Crippen molar-refractivity contribution in [3.63, 3.8) is 0 Å². The summed E-state index contributed by atoms with van der Waals surface area (Å²) in [7, 11) is 0. The highest BCUT2D eigenvalue weighted by Gasteiger charge is 2.59. The van der Waals surface area contributed by atoms with Crippen LogP contribution in [0.2, 0.25) is 0 Å². The number of likely N-dealkylation sites (tertiary alicyclic amines) is 1. The molecule has 8 heteroatoms. The van der Waals surface area contributed by atoms with E-state index in [1.165, 1.54) is 56.6 Å². The van der Waals surface area contributed by atoms with E-state index in [0.29, 0.717) is 18.4 Å². The number of carbonyl (C=O) groups excluding carboxylic acids is 1. The van der Waals surface area contributed by atoms with Crippen LogP contribution >= 0.6 is 11.3 Å². The lowest BCUT2D eigenvalue weighted by atomic mass is 9.88. The number of carbonyl (C=O) groups is 1. The molecule has 0 aromatic carbocycles. The number of hydrogen-bond donors (Lipinski definition) is 2. The summed E-state index contributed by atoms with van der Waals surface area (Å²) in [5.74, 6) is 0.828. The molecule has 4 aromatic heterocycles. The number of hydrogen-bond acceptors (Lipinski definition) is 5. The normalized spacial score (nSPS) is 23.9. The van der Waals surface area contributed by atoms with Crippen molar-refractivity contribution in [2.75, 3.05) is 19.6 Å². The van der Waals surface area contributed by atoms with Crippen LogP contribution in [0.25, 0.3) is 27.1 Å². The van der Waals surface area contributed by atoms with Gasteiger partial charge >= 0.3 is 0 Å². The van der Waals surface area contributed by atoms with E-state index in [1.54, 1.807) is 11.2 Å². The maximum atomic E-state index is 11.4. The first-order valence-corrected chi connectivity index (χ1v) is 13.7. The molecule has 2 aliphatic carbocycles. The summed E-state index contributed by atoms with van der Waals surface area (Å²) in [5, 5.41) is 5.92. The van der Waals surface area contributed by atoms with Crippen LogP contribution in [0.4, 0.5) is 0 Å². The topological polar surface area (TPSA) is 92.3 Å². The number of H-pyrrole nitrogens is 1. The molecule has 0 spiro atoms. The Bertz CT molecular complexity index is 1510. The van der Waals surface area contributed by atoms with Gasteiger partial charge in [0, 0.05) is 39.5 Å². The minimum absolute atomic E-state index is 0.219. The Morgan fingerprint density at radius 1 is 1.34 bits per heavy atom. The van der Waals surface area contributed by atoms with Crippen molar-refractivity contribution in [2.45, 2.75) is 64.2 Å². The predicted molar refractivity (Wildman–Crippen MR) is 139 cm³/mol. The van der Waals surface area contributed by atoms with Gasteiger partial charge in [-0.1, -0.05) is 13.8 Å². The van der Waals surface area contributed by atoms with Gasteiger partial charge in [-0.2, -0.15) is 5.10 Å². The molecule has 1 aliphatic heterocycles. The van der Waals surface area contributed by atoms with Crippen LogP contribution in [0, 0.1) is 12.8 Å². The first-order valence-electron chi connectivity index (χ1n) is 12.9. The molecule has 2 fully saturated rings. The molecule has 3 aliphatic rings. The fraction of sp³-hybridized carbons (Fsp3) is 0.519. The molecule has 0 radical (unpaired) electrons. The number of aromatic nitrogens is 4. The number of piperidine rings is 1. The molecule has 35 heavy (non-hydrogen) atoms. The summed E-state index contributed by atoms with van der Waals surface area (Å²) in [6, 6.07) is 0. The van der Waals surface area contributed by atoms with Gasteiger partial charge in [-0.05, 0) is 74.1 Å². The highest BCUT2D eigenvalue weighted by molar-refractivity contribution is 7.19. The summed E-state index contributed by atoms with van der Waals surface area (Å²) in [5.41, 5.74) is 15.0. The molecule has 5 heterocycles. The number of nitrogens with one attached hydrogen (secondary N) is 1. The molecule has 182 valence electrons. The highest BCUT2D eigenvalue weighted by atomic mass is 32.1. The Morgan fingerprint density at radius 3 is 2.94 bits per heavy atom. The molecule has 2 atom stereocenters. The minimum Gasteiger partial charge on any atom is -0.369 e. The fourth-order valence-electron chi connectivity index (χ4n) is 7.20. The lowest BCUT2D eigenvalue weighted by molar-refractivity contribution is -0.119. The van der Waals surface area contributed by atoms with E-state index in [9.17, 15) is 4.79 Å². The van der Waals surface area contributed by atoms with E-state index >= 15 is 0 Å². The Kier molecular flexibility index (Phi) is 4.56. The van der Waals surface area contributed by atoms with Crippen molar-refractivity contribution in [1.82, 2.24) is 24.5 Å². The van der Waals surface area contributed by atoms with E-state index in [4.69, 9.17) is 5.73 Å². The van der Waals surface area contributed by atoms with E-state index in [-0.39, 0.29) is 11.3 Å². The van der Waals surface area contributed by atoms with Crippen molar-refractivity contribution in [3.05, 3.63) is 39.7 Å². The molecular weight excluding hydrogens is 456 g/mol. The maximum Gasteiger partial charge on any atom is 0.231 e. The number of fused-ring (bicyclic) bond motifs is 5. The number of nitrogens with two attached hydrogens (primary N) is 1. The smallest absolute Gasteiger partial charge is 0.231 e. The number of nitrogens with zero attached hydrogens (tertiary/aromatic N) is 4. The van der Waals surface area contributed by atoms with Crippen LogP contribution in [-0.2, 0) is 23.1 Å². The summed E-state index contributed by atoms with van der Waals surface area (Å²) >= 11 is 1.97. The number of aryl methyl sites for hydroxylation is 2. The van der Waals surface area contributed by atoms with Crippen molar-refractivity contribution >= 4 is 33.1 Å². The SMILES string of the molecule is Cc1c(C23CCN(CC(N)=O)CC2C3)sc2[nH]c(-c3cn4ncnc4c4c3CCC4)c(C(C)C)c12. The van der Waals surface area contributed by atoms with Crippen LogP contribution in [0.3, 0.4) is 0 Å². The molecule has 2 unspecified atom stereocenters. The third kappa shape index (κ3) is 3.02. The van der Waals surface area contributed by atoms with Gasteiger partial charge in [0.15, 0.2) is 5.65 Å². The third-order valence-corrected chi connectivity index (χ3v) is 10.3. The zero-order valence-corrected chi connectivity index (χ0v) is 21.5. The van der Waals surface area contributed by atoms with Gasteiger partial charge in [0.05, 0.1) is 12.2 Å². The number of primary amides is 1. The zero-order valence-electron chi connectivity index (χ0n) is 20.6. The van der Waals surface area contributed by atoms with Crippen molar-refractivity contribution in [2.24, 2.45) is 11.7 Å². The monoisotopic (exact) mass is 488 g/mol. The molecule has 3 N–H and O–H groups in total. The standard InChI is InChI=1S/C27H32N6OS/c1-14(2)21-22-15(3)24(27-7-8-32(12-20(28)34)10-16(27)9-27)35-26(22)31-23(21)19-11-33-25(29-13-30-33)18-6-4-5-17(18)19/h11,13-14,16,31H,4-10,12H2,1-3H3,(H2,28,34). The average molecular weight is 489 g/mol. The summed E-state index contributed by atoms with van der Waals surface area (Å²) in [6.45, 7) is 9.30. The quantitative estimate of drug-likeness (QED) is 0.438. The average Bonchev–Trinajstić information content (AvgIpc) is 3.29. The van der Waals surface area contributed by atoms with Gasteiger partial charge in [-0.3, -0.25) is 9.69 Å². The van der Waals surface area contributed by atoms with Crippen LogP contribution in [0.1, 0.15) is 66.2 Å². The van der Waals surface area contributed by atoms with Crippen LogP contribution in [0.5, 0.6) is 0 Å². The predicted octanol–water partition coefficient (Wildman–Crippen LogP) is 4.31. The summed E-state index contributed by atoms with van der Waals surface area (Å²) < 4.78 is 1.96. The second-order valence-electron chi connectivity index (χ2n) is 11.2. The Balaban J connectivity index is 1.34. The van der Waals surface area contributed by atoms with Gasteiger partial charge in [0.1, 0.15) is 11.2 Å². The van der Waals surface area contributed by atoms with Crippen LogP contribution < -0.4 is 5.73 Å². The first-order chi connectivity index (χ1) is 16.9. The van der Waals surface area contributed by atoms with Gasteiger partial charge in [0.25, 0.3) is 0 Å². The fourth-order valence-corrected chi connectivity index (χ4v) is 8.74. The van der Waals surface area contributed by atoms with Gasteiger partial charge < -0.3 is 10.7 Å². The zero-order chi connectivity index (χ0) is 24.1. The molecule has 7 rings (SSSR count). The van der Waals surface area contributed by atoms with Gasteiger partial charge in [-0.25, -0.2) is 9.50 Å². The molecule has 1 saturated carbocycles. The number of rotatable bonds is 5. The highest BCUT2D eigenvalue weighted by Crippen LogP contribution is 2.62. The van der Waals surface area contributed by atoms with E-state index < -0.39 is 0 Å². The van der Waals surface area contributed by atoms with Crippen LogP contribution in [0.15, 0.2) is 12.5 Å². The Morgan fingerprint density at radius 2 is 2.17 bits per heavy atom. The van der Waals surface area contributed by atoms with E-state index in [2.05, 4.69) is 46.9 Å². The van der Waals surface area contributed by atoms with Gasteiger partial charge in [-0.15, -0.1) is 11.3 Å². The van der Waals surface area contributed by atoms with Crippen molar-refractivity contribution < 1.29 is 4.79 Å². The molecule has 4 aromatic rings. The summed E-state index contributed by atoms with van der Waals surface area (Å²) in [6.07, 6.45) is 9.58. The van der Waals surface area contributed by atoms with Crippen molar-refractivity contribution in [3.8, 4) is 11.3 Å². The maximum absolute atomic E-state index is 11.4. The minimum atomic E-state index is -0.219. The molecular formula is C27H32N6OS. The first kappa shape index (κ1) is 21.6. The molecule has 1 amide bonds. The van der Waals surface area contributed by atoms with Crippen LogP contribution in [-0.4, -0.2) is 50.0 Å². The lowest BCUT2D eigenvalue weighted by Gasteiger charge is -2.30. The molecule has 0 bridgehead atoms. The van der Waals surface area contributed by atoms with E-state index in [1.807, 2.05) is 15.9 Å². The number of thiophene rings is 1. The molecule has 1 saturated heterocycles. The third-order valence-electron chi connectivity index (χ3n) is 8.82. The largest absolute Gasteiger partial charge is 0.369 e. The Hall–Kier alpha value is -2.71. The van der Waals surface area contributed by atoms with Gasteiger partial charge in [0.2, 0.25) is 5.91 Å². The summed E-state index contributed by atoms with van der Waals surface area (Å²) in [4.78, 5) is 25.0. The lowest BCUT2D eigenvalue weighted by Crippen LogP contribution is -2.41. The number of pyridine rings is 1. The second kappa shape index (κ2) is 7.40.